The molecule has 0 aliphatic rings. The molecule has 38 heavy (non-hydrogen) atoms. The highest BCUT2D eigenvalue weighted by atomic mass is 35.5. The molecule has 202 valence electrons. The number of nitrogens with zero attached hydrogens (tertiary/aromatic N) is 2. The Balaban J connectivity index is 2.08. The second-order valence-corrected chi connectivity index (χ2v) is 11.0. The van der Waals surface area contributed by atoms with E-state index in [4.69, 9.17) is 16.3 Å². The molecule has 3 aromatic rings. The fraction of sp³-hybridized carbons (Fsp3) is 0.286. The molecule has 0 spiro atoms. The number of para-hydroxylation sites is 2. The zero-order valence-electron chi connectivity index (χ0n) is 21.8. The highest BCUT2D eigenvalue weighted by molar-refractivity contribution is 7.92. The number of likely N-dealkylation sites (N-methyl/N-ethyl adjacent to an activating group) is 1. The number of hydrogen-bond donors (Lipinski definition) is 1. The second kappa shape index (κ2) is 12.8. The molecule has 0 radical (unpaired) electrons. The molecular formula is C28H32ClN3O5S. The van der Waals surface area contributed by atoms with Gasteiger partial charge in [-0.1, -0.05) is 53.6 Å². The predicted octanol–water partition coefficient (Wildman–Crippen LogP) is 4.41. The lowest BCUT2D eigenvalue weighted by Gasteiger charge is -2.32. The first-order chi connectivity index (χ1) is 18.1. The minimum absolute atomic E-state index is 0.0332. The van der Waals surface area contributed by atoms with Crippen LogP contribution in [0.1, 0.15) is 25.0 Å². The fourth-order valence-corrected chi connectivity index (χ4v) is 5.42. The third kappa shape index (κ3) is 6.85. The number of amides is 2. The van der Waals surface area contributed by atoms with Crippen molar-refractivity contribution in [3.05, 3.63) is 88.9 Å². The Morgan fingerprint density at radius 1 is 1.00 bits per heavy atom. The van der Waals surface area contributed by atoms with Gasteiger partial charge in [0.25, 0.3) is 10.0 Å². The number of sulfonamides is 1. The van der Waals surface area contributed by atoms with E-state index in [0.29, 0.717) is 17.4 Å². The molecule has 10 heteroatoms. The van der Waals surface area contributed by atoms with Gasteiger partial charge in [0.1, 0.15) is 18.3 Å². The number of ether oxygens (including phenoxy) is 1. The van der Waals surface area contributed by atoms with Gasteiger partial charge in [0, 0.05) is 18.6 Å². The smallest absolute Gasteiger partial charge is 0.264 e. The summed E-state index contributed by atoms with van der Waals surface area (Å²) in [6.45, 7) is 5.08. The van der Waals surface area contributed by atoms with Gasteiger partial charge in [-0.2, -0.15) is 0 Å². The standard InChI is InChI=1S/C28H32ClN3O5S/c1-5-37-26-9-7-6-8-25(26)32(38(35,36)24-16-10-20(2)11-17-24)19-27(33)31(21(3)28(34)30-4)18-22-12-14-23(29)15-13-22/h6-17,21H,5,18-19H2,1-4H3,(H,30,34)/t21-/m1/s1. The van der Waals surface area contributed by atoms with E-state index in [2.05, 4.69) is 5.32 Å². The van der Waals surface area contributed by atoms with E-state index in [-0.39, 0.29) is 23.0 Å². The molecule has 0 heterocycles. The van der Waals surface area contributed by atoms with Gasteiger partial charge in [0.2, 0.25) is 11.8 Å². The SMILES string of the molecule is CCOc1ccccc1N(CC(=O)N(Cc1ccc(Cl)cc1)[C@H](C)C(=O)NC)S(=O)(=O)c1ccc(C)cc1. The summed E-state index contributed by atoms with van der Waals surface area (Å²) in [6.07, 6.45) is 0. The molecule has 0 bridgehead atoms. The monoisotopic (exact) mass is 557 g/mol. The number of carbonyl (C=O) groups excluding carboxylic acids is 2. The minimum Gasteiger partial charge on any atom is -0.492 e. The number of hydrogen-bond acceptors (Lipinski definition) is 5. The van der Waals surface area contributed by atoms with Gasteiger partial charge in [-0.25, -0.2) is 8.42 Å². The van der Waals surface area contributed by atoms with Crippen LogP contribution in [0.4, 0.5) is 5.69 Å². The summed E-state index contributed by atoms with van der Waals surface area (Å²) >= 11 is 6.01. The quantitative estimate of drug-likeness (QED) is 0.377. The van der Waals surface area contributed by atoms with Crippen molar-refractivity contribution in [1.82, 2.24) is 10.2 Å². The van der Waals surface area contributed by atoms with E-state index in [0.717, 1.165) is 15.4 Å². The van der Waals surface area contributed by atoms with Crippen molar-refractivity contribution in [2.45, 2.75) is 38.3 Å². The van der Waals surface area contributed by atoms with Crippen LogP contribution in [0.3, 0.4) is 0 Å². The van der Waals surface area contributed by atoms with Gasteiger partial charge < -0.3 is 15.0 Å². The van der Waals surface area contributed by atoms with Gasteiger partial charge in [-0.05, 0) is 62.7 Å². The first-order valence-corrected chi connectivity index (χ1v) is 14.0. The number of aryl methyl sites for hydroxylation is 1. The number of nitrogens with one attached hydrogen (secondary N) is 1. The third-order valence-corrected chi connectivity index (χ3v) is 8.03. The molecule has 1 atom stereocenters. The van der Waals surface area contributed by atoms with Crippen LogP contribution in [0.25, 0.3) is 0 Å². The number of rotatable bonds is 11. The molecule has 3 rings (SSSR count). The Morgan fingerprint density at radius 3 is 2.24 bits per heavy atom. The summed E-state index contributed by atoms with van der Waals surface area (Å²) in [4.78, 5) is 27.8. The number of benzene rings is 3. The van der Waals surface area contributed by atoms with E-state index < -0.39 is 28.5 Å². The van der Waals surface area contributed by atoms with Crippen molar-refractivity contribution in [2.24, 2.45) is 0 Å². The average molecular weight is 558 g/mol. The van der Waals surface area contributed by atoms with Crippen LogP contribution in [-0.2, 0) is 26.2 Å². The highest BCUT2D eigenvalue weighted by Gasteiger charge is 2.33. The molecule has 2 amide bonds. The number of anilines is 1. The molecule has 0 aliphatic carbocycles. The summed E-state index contributed by atoms with van der Waals surface area (Å²) in [7, 11) is -2.70. The van der Waals surface area contributed by atoms with Gasteiger partial charge in [-0.3, -0.25) is 13.9 Å². The van der Waals surface area contributed by atoms with Crippen LogP contribution >= 0.6 is 11.6 Å². The van der Waals surface area contributed by atoms with Crippen LogP contribution in [0.5, 0.6) is 5.75 Å². The first-order valence-electron chi connectivity index (χ1n) is 12.1. The van der Waals surface area contributed by atoms with Crippen LogP contribution < -0.4 is 14.4 Å². The van der Waals surface area contributed by atoms with E-state index in [1.54, 1.807) is 74.5 Å². The normalized spacial score (nSPS) is 11.9. The molecule has 0 fully saturated rings. The Kier molecular flexibility index (Phi) is 9.77. The summed E-state index contributed by atoms with van der Waals surface area (Å²) in [5, 5.41) is 3.10. The summed E-state index contributed by atoms with van der Waals surface area (Å²) in [5.74, 6) is -0.616. The number of halogens is 1. The lowest BCUT2D eigenvalue weighted by molar-refractivity contribution is -0.139. The van der Waals surface area contributed by atoms with Crippen molar-refractivity contribution < 1.29 is 22.7 Å². The molecule has 0 saturated heterocycles. The Hall–Kier alpha value is -3.56. The number of carbonyl (C=O) groups is 2. The van der Waals surface area contributed by atoms with Crippen molar-refractivity contribution in [3.8, 4) is 5.75 Å². The van der Waals surface area contributed by atoms with Crippen LogP contribution in [0.15, 0.2) is 77.7 Å². The van der Waals surface area contributed by atoms with Crippen LogP contribution in [0.2, 0.25) is 5.02 Å². The Morgan fingerprint density at radius 2 is 1.63 bits per heavy atom. The van der Waals surface area contributed by atoms with E-state index in [1.807, 2.05) is 6.92 Å². The summed E-state index contributed by atoms with van der Waals surface area (Å²) in [5.41, 5.74) is 1.86. The maximum Gasteiger partial charge on any atom is 0.264 e. The molecule has 0 unspecified atom stereocenters. The molecule has 0 aromatic heterocycles. The summed E-state index contributed by atoms with van der Waals surface area (Å²) in [6, 6.07) is 19.1. The lowest BCUT2D eigenvalue weighted by atomic mass is 10.1. The first kappa shape index (κ1) is 29.0. The van der Waals surface area contributed by atoms with Crippen LogP contribution in [0, 0.1) is 6.92 Å². The average Bonchev–Trinajstić information content (AvgIpc) is 2.91. The maximum absolute atomic E-state index is 13.9. The van der Waals surface area contributed by atoms with Crippen molar-refractivity contribution in [3.63, 3.8) is 0 Å². The van der Waals surface area contributed by atoms with E-state index >= 15 is 0 Å². The van der Waals surface area contributed by atoms with Gasteiger partial charge in [-0.15, -0.1) is 0 Å². The highest BCUT2D eigenvalue weighted by Crippen LogP contribution is 2.33. The second-order valence-electron chi connectivity index (χ2n) is 8.66. The zero-order chi connectivity index (χ0) is 27.9. The van der Waals surface area contributed by atoms with E-state index in [1.165, 1.54) is 24.1 Å². The molecule has 1 N–H and O–H groups in total. The molecular weight excluding hydrogens is 526 g/mol. The third-order valence-electron chi connectivity index (χ3n) is 6.00. The predicted molar refractivity (Wildman–Crippen MR) is 149 cm³/mol. The maximum atomic E-state index is 13.9. The van der Waals surface area contributed by atoms with Gasteiger partial charge >= 0.3 is 0 Å². The minimum atomic E-state index is -4.18. The van der Waals surface area contributed by atoms with Gasteiger partial charge in [0.05, 0.1) is 17.2 Å². The molecule has 0 aliphatic heterocycles. The van der Waals surface area contributed by atoms with Gasteiger partial charge in [0.15, 0.2) is 0 Å². The Labute approximate surface area is 229 Å². The largest absolute Gasteiger partial charge is 0.492 e. The molecule has 0 saturated carbocycles. The van der Waals surface area contributed by atoms with Crippen molar-refractivity contribution in [2.75, 3.05) is 24.5 Å². The van der Waals surface area contributed by atoms with Crippen molar-refractivity contribution >= 4 is 39.1 Å². The zero-order valence-corrected chi connectivity index (χ0v) is 23.4. The van der Waals surface area contributed by atoms with E-state index in [9.17, 15) is 18.0 Å². The van der Waals surface area contributed by atoms with Crippen LogP contribution in [-0.4, -0.2) is 51.4 Å². The fourth-order valence-electron chi connectivity index (χ4n) is 3.87. The molecule has 3 aromatic carbocycles. The van der Waals surface area contributed by atoms with Crippen molar-refractivity contribution in [1.29, 1.82) is 0 Å². The molecule has 8 nitrogen and oxygen atoms in total. The topological polar surface area (TPSA) is 96.0 Å². The Bertz CT molecular complexity index is 1360. The lowest BCUT2D eigenvalue weighted by Crippen LogP contribution is -2.50. The summed E-state index contributed by atoms with van der Waals surface area (Å²) < 4.78 is 34.6.